The third-order valence-electron chi connectivity index (χ3n) is 4.98. The Balaban J connectivity index is 0.000000194. The van der Waals surface area contributed by atoms with Crippen LogP contribution in [0.5, 0.6) is 5.75 Å². The van der Waals surface area contributed by atoms with Gasteiger partial charge in [-0.2, -0.15) is 0 Å². The molecular formula is C24H23ClN4O4. The van der Waals surface area contributed by atoms with Crippen LogP contribution < -0.4 is 16.4 Å². The van der Waals surface area contributed by atoms with Crippen molar-refractivity contribution in [2.75, 3.05) is 13.1 Å². The summed E-state index contributed by atoms with van der Waals surface area (Å²) in [6.45, 7) is 1.86. The van der Waals surface area contributed by atoms with Gasteiger partial charge in [-0.1, -0.05) is 29.8 Å². The molecule has 170 valence electrons. The molecule has 9 heteroatoms. The van der Waals surface area contributed by atoms with Crippen molar-refractivity contribution in [1.82, 2.24) is 15.6 Å². The number of hydrogen-bond donors (Lipinski definition) is 4. The van der Waals surface area contributed by atoms with Crippen molar-refractivity contribution in [3.8, 4) is 5.75 Å². The van der Waals surface area contributed by atoms with Crippen LogP contribution in [-0.2, 0) is 0 Å². The monoisotopic (exact) mass is 466 g/mol. The number of amides is 2. The lowest BCUT2D eigenvalue weighted by molar-refractivity contribution is 0.0938. The van der Waals surface area contributed by atoms with E-state index in [-0.39, 0.29) is 45.2 Å². The van der Waals surface area contributed by atoms with Gasteiger partial charge < -0.3 is 21.5 Å². The number of aromatic nitrogens is 1. The number of aromatic hydroxyl groups is 1. The van der Waals surface area contributed by atoms with Gasteiger partial charge in [-0.3, -0.25) is 19.4 Å². The fourth-order valence-electron chi connectivity index (χ4n) is 3.23. The van der Waals surface area contributed by atoms with Crippen molar-refractivity contribution in [3.63, 3.8) is 0 Å². The Kier molecular flexibility index (Phi) is 8.12. The summed E-state index contributed by atoms with van der Waals surface area (Å²) in [5, 5.41) is 15.9. The average molecular weight is 467 g/mol. The van der Waals surface area contributed by atoms with Crippen molar-refractivity contribution in [2.45, 2.75) is 12.5 Å². The van der Waals surface area contributed by atoms with Crippen LogP contribution in [0.2, 0.25) is 5.02 Å². The van der Waals surface area contributed by atoms with E-state index < -0.39 is 5.91 Å². The number of carbonyl (C=O) groups excluding carboxylic acids is 3. The summed E-state index contributed by atoms with van der Waals surface area (Å²) in [4.78, 5) is 38.7. The molecule has 8 nitrogen and oxygen atoms in total. The molecule has 0 aliphatic carbocycles. The summed E-state index contributed by atoms with van der Waals surface area (Å²) in [6, 6.07) is 14.1. The number of primary amides is 1. The fraction of sp³-hybridized carbons (Fsp3) is 0.167. The highest BCUT2D eigenvalue weighted by atomic mass is 35.5. The van der Waals surface area contributed by atoms with E-state index in [2.05, 4.69) is 15.6 Å². The van der Waals surface area contributed by atoms with Crippen LogP contribution in [0.25, 0.3) is 0 Å². The predicted octanol–water partition coefficient (Wildman–Crippen LogP) is 2.55. The van der Waals surface area contributed by atoms with E-state index in [1.807, 2.05) is 0 Å². The lowest BCUT2D eigenvalue weighted by Gasteiger charge is -2.10. The van der Waals surface area contributed by atoms with Gasteiger partial charge in [0, 0.05) is 36.1 Å². The molecule has 1 aliphatic rings. The van der Waals surface area contributed by atoms with Crippen molar-refractivity contribution in [3.05, 3.63) is 94.3 Å². The Hall–Kier alpha value is -3.75. The van der Waals surface area contributed by atoms with Gasteiger partial charge in [0.15, 0.2) is 5.78 Å². The van der Waals surface area contributed by atoms with Crippen LogP contribution >= 0.6 is 11.6 Å². The van der Waals surface area contributed by atoms with Gasteiger partial charge in [0.25, 0.3) is 5.91 Å². The van der Waals surface area contributed by atoms with E-state index in [0.717, 1.165) is 19.5 Å². The van der Waals surface area contributed by atoms with Gasteiger partial charge in [0.1, 0.15) is 5.75 Å². The summed E-state index contributed by atoms with van der Waals surface area (Å²) in [7, 11) is 0. The highest BCUT2D eigenvalue weighted by Gasteiger charge is 2.17. The van der Waals surface area contributed by atoms with Gasteiger partial charge in [-0.25, -0.2) is 0 Å². The average Bonchev–Trinajstić information content (AvgIpc) is 3.33. The smallest absolute Gasteiger partial charge is 0.251 e. The normalized spacial score (nSPS) is 14.6. The number of pyridine rings is 1. The number of para-hydroxylation sites is 1. The minimum absolute atomic E-state index is 0.0129. The molecule has 1 saturated heterocycles. The largest absolute Gasteiger partial charge is 0.507 e. The SMILES string of the molecule is NC(=O)c1ccc(C(=O)c2ccccc2O)cc1Cl.O=C(NC1CCNC1)c1ccncc1. The highest BCUT2D eigenvalue weighted by Crippen LogP contribution is 2.23. The fourth-order valence-corrected chi connectivity index (χ4v) is 3.50. The number of halogens is 1. The summed E-state index contributed by atoms with van der Waals surface area (Å²) in [5.41, 5.74) is 6.40. The van der Waals surface area contributed by atoms with E-state index in [4.69, 9.17) is 17.3 Å². The molecule has 0 radical (unpaired) electrons. The third kappa shape index (κ3) is 6.38. The minimum atomic E-state index is -0.661. The number of phenols is 1. The number of ketones is 1. The number of nitrogens with zero attached hydrogens (tertiary/aromatic N) is 1. The molecule has 2 amide bonds. The lowest BCUT2D eigenvalue weighted by atomic mass is 10.0. The van der Waals surface area contributed by atoms with E-state index in [1.165, 1.54) is 30.3 Å². The Bertz CT molecular complexity index is 1150. The molecule has 1 unspecified atom stereocenters. The number of nitrogens with one attached hydrogen (secondary N) is 2. The first-order valence-electron chi connectivity index (χ1n) is 10.2. The molecule has 5 N–H and O–H groups in total. The molecule has 33 heavy (non-hydrogen) atoms. The molecule has 0 spiro atoms. The molecule has 1 fully saturated rings. The van der Waals surface area contributed by atoms with Gasteiger partial charge in [0.05, 0.1) is 16.1 Å². The number of nitrogens with two attached hydrogens (primary N) is 1. The number of phenolic OH excluding ortho intramolecular Hbond substituents is 1. The molecule has 1 atom stereocenters. The summed E-state index contributed by atoms with van der Waals surface area (Å²) in [6.07, 6.45) is 4.26. The molecule has 0 saturated carbocycles. The first kappa shape index (κ1) is 23.9. The molecule has 3 aromatic rings. The van der Waals surface area contributed by atoms with Crippen LogP contribution in [-0.4, -0.2) is 46.8 Å². The zero-order valence-corrected chi connectivity index (χ0v) is 18.4. The van der Waals surface area contributed by atoms with Crippen molar-refractivity contribution >= 4 is 29.2 Å². The first-order chi connectivity index (χ1) is 15.9. The third-order valence-corrected chi connectivity index (χ3v) is 5.30. The van der Waals surface area contributed by atoms with Gasteiger partial charge in [-0.05, 0) is 49.4 Å². The maximum atomic E-state index is 12.2. The molecule has 0 bridgehead atoms. The second-order valence-electron chi connectivity index (χ2n) is 7.30. The summed E-state index contributed by atoms with van der Waals surface area (Å²) >= 11 is 5.88. The van der Waals surface area contributed by atoms with Crippen molar-refractivity contribution in [2.24, 2.45) is 5.73 Å². The highest BCUT2D eigenvalue weighted by molar-refractivity contribution is 6.34. The van der Waals surface area contributed by atoms with Crippen molar-refractivity contribution < 1.29 is 19.5 Å². The maximum absolute atomic E-state index is 12.2. The van der Waals surface area contributed by atoms with Crippen LogP contribution in [0, 0.1) is 0 Å². The van der Waals surface area contributed by atoms with E-state index in [1.54, 1.807) is 36.7 Å². The van der Waals surface area contributed by atoms with Gasteiger partial charge >= 0.3 is 0 Å². The van der Waals surface area contributed by atoms with Crippen LogP contribution in [0.1, 0.15) is 43.1 Å². The Morgan fingerprint density at radius 3 is 2.36 bits per heavy atom. The Morgan fingerprint density at radius 1 is 1.03 bits per heavy atom. The second kappa shape index (κ2) is 11.2. The van der Waals surface area contributed by atoms with E-state index in [9.17, 15) is 19.5 Å². The summed E-state index contributed by atoms with van der Waals surface area (Å²) in [5.74, 6) is -1.16. The number of hydrogen-bond acceptors (Lipinski definition) is 6. The topological polar surface area (TPSA) is 134 Å². The first-order valence-corrected chi connectivity index (χ1v) is 10.6. The van der Waals surface area contributed by atoms with Crippen LogP contribution in [0.3, 0.4) is 0 Å². The van der Waals surface area contributed by atoms with E-state index in [0.29, 0.717) is 5.56 Å². The molecule has 1 aromatic heterocycles. The zero-order valence-electron chi connectivity index (χ0n) is 17.6. The standard InChI is InChI=1S/C14H10ClNO3.C10H13N3O/c15-11-7-8(5-6-9(11)14(16)19)13(18)10-3-1-2-4-12(10)17;14-10(8-1-4-11-5-2-8)13-9-3-6-12-7-9/h1-7,17H,(H2,16,19);1-2,4-5,9,12H,3,6-7H2,(H,13,14). The van der Waals surface area contributed by atoms with Gasteiger partial charge in [0.2, 0.25) is 5.91 Å². The number of benzene rings is 2. The second-order valence-corrected chi connectivity index (χ2v) is 7.71. The number of carbonyl (C=O) groups is 3. The molecule has 4 rings (SSSR count). The predicted molar refractivity (Wildman–Crippen MR) is 124 cm³/mol. The quantitative estimate of drug-likeness (QED) is 0.427. The minimum Gasteiger partial charge on any atom is -0.507 e. The van der Waals surface area contributed by atoms with Gasteiger partial charge in [-0.15, -0.1) is 0 Å². The van der Waals surface area contributed by atoms with Crippen LogP contribution in [0.15, 0.2) is 67.0 Å². The molecule has 2 heterocycles. The maximum Gasteiger partial charge on any atom is 0.251 e. The number of rotatable bonds is 5. The zero-order chi connectivity index (χ0) is 23.8. The summed E-state index contributed by atoms with van der Waals surface area (Å²) < 4.78 is 0. The molecule has 1 aliphatic heterocycles. The lowest BCUT2D eigenvalue weighted by Crippen LogP contribution is -2.36. The van der Waals surface area contributed by atoms with E-state index >= 15 is 0 Å². The van der Waals surface area contributed by atoms with Crippen LogP contribution in [0.4, 0.5) is 0 Å². The van der Waals surface area contributed by atoms with Crippen molar-refractivity contribution in [1.29, 1.82) is 0 Å². The molecular weight excluding hydrogens is 444 g/mol. The Morgan fingerprint density at radius 2 is 1.76 bits per heavy atom. The Labute approximate surface area is 195 Å². The molecule has 2 aromatic carbocycles.